The minimum Gasteiger partial charge on any atom is -0.512 e. The van der Waals surface area contributed by atoms with Gasteiger partial charge in [-0.3, -0.25) is 23.5 Å². The van der Waals surface area contributed by atoms with E-state index in [-0.39, 0.29) is 111 Å². The van der Waals surface area contributed by atoms with Crippen molar-refractivity contribution in [1.29, 1.82) is 0 Å². The summed E-state index contributed by atoms with van der Waals surface area (Å²) < 4.78 is 174. The predicted molar refractivity (Wildman–Crippen MR) is 154 cm³/mol. The molecule has 54 heavy (non-hydrogen) atoms. The van der Waals surface area contributed by atoms with E-state index >= 15 is 0 Å². The van der Waals surface area contributed by atoms with Crippen molar-refractivity contribution in [2.24, 2.45) is 0 Å². The monoisotopic (exact) mass is 1100 g/mol. The molecule has 0 fully saturated rings. The maximum Gasteiger partial charge on any atom is 0.367 e. The van der Waals surface area contributed by atoms with Crippen molar-refractivity contribution in [2.45, 2.75) is 103 Å². The summed E-state index contributed by atoms with van der Waals surface area (Å²) in [4.78, 5) is 31.4. The molecule has 0 unspecified atom stereocenters. The van der Waals surface area contributed by atoms with Crippen molar-refractivity contribution in [3.8, 4) is 0 Å². The van der Waals surface area contributed by atoms with Crippen molar-refractivity contribution in [2.75, 3.05) is 0 Å². The molecule has 0 aliphatic heterocycles. The van der Waals surface area contributed by atoms with Crippen LogP contribution in [0.25, 0.3) is 0 Å². The molecule has 0 aromatic rings. The van der Waals surface area contributed by atoms with Crippen LogP contribution in [0.3, 0.4) is 0 Å². The molecule has 0 saturated heterocycles. The maximum atomic E-state index is 12.6. The van der Waals surface area contributed by atoms with E-state index in [4.69, 9.17) is 24.4 Å². The summed E-state index contributed by atoms with van der Waals surface area (Å²) in [5.74, 6) is -17.0. The molecule has 12 nitrogen and oxygen atoms in total. The molecular formula is C25H38Cu5F10O12S2. The molecule has 29 heteroatoms. The summed E-state index contributed by atoms with van der Waals surface area (Å²) in [5.41, 5.74) is -1.88. The van der Waals surface area contributed by atoms with Crippen LogP contribution >= 0.6 is 0 Å². The van der Waals surface area contributed by atoms with Crippen molar-refractivity contribution in [1.82, 2.24) is 0 Å². The van der Waals surface area contributed by atoms with E-state index in [2.05, 4.69) is 0 Å². The van der Waals surface area contributed by atoms with Gasteiger partial charge in [-0.1, -0.05) is 0 Å². The molecule has 5 N–H and O–H groups in total. The van der Waals surface area contributed by atoms with Gasteiger partial charge in [-0.05, 0) is 41.5 Å². The molecule has 0 amide bonds. The molecule has 0 heterocycles. The van der Waals surface area contributed by atoms with Gasteiger partial charge < -0.3 is 15.3 Å². The number of ketones is 3. The Morgan fingerprint density at radius 2 is 0.667 bits per heavy atom. The third-order valence-electron chi connectivity index (χ3n) is 3.92. The molecule has 0 aromatic heterocycles. The van der Waals surface area contributed by atoms with Gasteiger partial charge in [0, 0.05) is 131 Å². The first-order valence-corrected chi connectivity index (χ1v) is 15.2. The maximum absolute atomic E-state index is 12.6. The summed E-state index contributed by atoms with van der Waals surface area (Å²) in [7, 11) is -9.68. The minimum absolute atomic E-state index is 0. The van der Waals surface area contributed by atoms with Crippen molar-refractivity contribution < 1.29 is 185 Å². The number of hydrogen-bond acceptors (Lipinski definition) is 10. The Bertz CT molecular complexity index is 1330. The molecule has 0 rings (SSSR count). The number of hydrogen-bond donors (Lipinski definition) is 5. The largest absolute Gasteiger partial charge is 0.512 e. The number of aliphatic hydroxyl groups excluding tert-OH is 3. The van der Waals surface area contributed by atoms with Gasteiger partial charge in [0.2, 0.25) is 16.6 Å². The zero-order chi connectivity index (χ0) is 41.6. The molecule has 0 saturated carbocycles. The Hall–Kier alpha value is -0.653. The van der Waals surface area contributed by atoms with Crippen LogP contribution in [0.5, 0.6) is 0 Å². The topological polar surface area (TPSA) is 221 Å². The third kappa shape index (κ3) is 45.7. The van der Waals surface area contributed by atoms with E-state index in [0.717, 1.165) is 40.7 Å². The van der Waals surface area contributed by atoms with Crippen LogP contribution in [0.1, 0.15) is 69.2 Å². The van der Waals surface area contributed by atoms with Crippen molar-refractivity contribution in [3.63, 3.8) is 0 Å². The molecule has 347 valence electrons. The van der Waals surface area contributed by atoms with Crippen LogP contribution in [-0.2, 0) is 120 Å². The SMILES string of the molecule is CC(C)(F)S(=O)(=O)O.CC(F)(F)C(=O)C=C(O)C(C)(F)F.CC(F)(F)S(=O)(=O)O.CC(O)=CC(=O)C(C)(C)F.CC(O)=CC(=O)C(C)(F)F.[Cu].[Cu].[Cu].[Cu].[Cu]. The van der Waals surface area contributed by atoms with Gasteiger partial charge in [0.25, 0.3) is 10.1 Å². The second kappa shape index (κ2) is 29.5. The van der Waals surface area contributed by atoms with E-state index in [9.17, 15) is 75.1 Å². The standard InChI is InChI=1S/C7H8F4O2.C7H11FO2.C6H8F2O2.C3H7FO3S.C2H4F2O3S.5Cu/c1-6(8,9)4(12)3-5(13)7(2,10)11;1-5(9)4-6(10)7(2,3)8;1-4(9)3-5(10)6(2,7)8;1-3(2,4)8(5,6)7;1-2(3,4)8(5,6)7;;;;;/h3,12H,1-2H3;4,9H,1-3H3;3,9H,1-2H3;1-2H3,(H,5,6,7);1H3,(H,5,6,7);;;;;. The molecule has 0 aliphatic rings. The quantitative estimate of drug-likeness (QED) is 0.0529. The first-order valence-electron chi connectivity index (χ1n) is 12.3. The molecule has 0 spiro atoms. The third-order valence-corrected chi connectivity index (χ3v) is 6.05. The fraction of sp³-hybridized carbons (Fsp3) is 0.640. The number of halogens is 10. The second-order valence-electron chi connectivity index (χ2n) is 10.5. The number of carbonyl (C=O) groups is 3. The Morgan fingerprint density at radius 1 is 0.463 bits per heavy atom. The molecule has 0 aliphatic carbocycles. The van der Waals surface area contributed by atoms with E-state index in [1.165, 1.54) is 6.92 Å². The van der Waals surface area contributed by atoms with E-state index in [1.807, 2.05) is 0 Å². The second-order valence-corrected chi connectivity index (χ2v) is 14.0. The minimum atomic E-state index is -5.17. The number of allylic oxidation sites excluding steroid dienone is 6. The Kier molecular flexibility index (Phi) is 42.6. The predicted octanol–water partition coefficient (Wildman–Crippen LogP) is 6.80. The summed E-state index contributed by atoms with van der Waals surface area (Å²) >= 11 is 0. The van der Waals surface area contributed by atoms with Gasteiger partial charge in [-0.25, -0.2) is 8.78 Å². The summed E-state index contributed by atoms with van der Waals surface area (Å²) in [5, 5.41) is 18.9. The Balaban J connectivity index is -0.0000000553. The van der Waals surface area contributed by atoms with Crippen molar-refractivity contribution >= 4 is 37.6 Å². The number of carbonyl (C=O) groups excluding carboxylic acids is 3. The normalized spacial score (nSPS) is 12.6. The van der Waals surface area contributed by atoms with E-state index in [1.54, 1.807) is 0 Å². The zero-order valence-electron chi connectivity index (χ0n) is 28.9. The smallest absolute Gasteiger partial charge is 0.367 e. The van der Waals surface area contributed by atoms with Crippen LogP contribution in [-0.4, -0.2) is 92.3 Å². The van der Waals surface area contributed by atoms with Crippen LogP contribution < -0.4 is 0 Å². The van der Waals surface area contributed by atoms with Gasteiger partial charge in [0.15, 0.2) is 17.2 Å². The Morgan fingerprint density at radius 3 is 0.759 bits per heavy atom. The van der Waals surface area contributed by atoms with E-state index in [0.29, 0.717) is 19.9 Å². The summed E-state index contributed by atoms with van der Waals surface area (Å²) in [6, 6.07) is 0. The fourth-order valence-electron chi connectivity index (χ4n) is 1.06. The van der Waals surface area contributed by atoms with Crippen LogP contribution in [0, 0.1) is 0 Å². The van der Waals surface area contributed by atoms with Crippen LogP contribution in [0.15, 0.2) is 35.5 Å². The van der Waals surface area contributed by atoms with Crippen LogP contribution in [0.4, 0.5) is 43.9 Å². The van der Waals surface area contributed by atoms with Gasteiger partial charge in [-0.2, -0.15) is 52.0 Å². The summed E-state index contributed by atoms with van der Waals surface area (Å²) in [6.07, 6.45) is 1.21. The van der Waals surface area contributed by atoms with Gasteiger partial charge in [0.1, 0.15) is 0 Å². The number of aliphatic hydroxyl groups is 3. The number of alkyl halides is 10. The molecule has 0 aromatic carbocycles. The first kappa shape index (κ1) is 77.8. The Labute approximate surface area is 358 Å². The average Bonchev–Trinajstić information content (AvgIpc) is 2.74. The molecular weight excluding hydrogens is 1060 g/mol. The van der Waals surface area contributed by atoms with Gasteiger partial charge in [-0.15, -0.1) is 0 Å². The number of rotatable bonds is 9. The molecule has 0 bridgehead atoms. The zero-order valence-corrected chi connectivity index (χ0v) is 35.3. The van der Waals surface area contributed by atoms with Crippen LogP contribution in [0.2, 0.25) is 0 Å². The van der Waals surface area contributed by atoms with E-state index < -0.39 is 82.8 Å². The average molecular weight is 1100 g/mol. The molecule has 5 radical (unpaired) electrons. The first-order chi connectivity index (χ1) is 20.7. The summed E-state index contributed by atoms with van der Waals surface area (Å²) in [6.45, 7) is 7.44. The fourth-order valence-corrected chi connectivity index (χ4v) is 1.06. The van der Waals surface area contributed by atoms with Gasteiger partial charge >= 0.3 is 33.1 Å². The molecule has 0 atom stereocenters. The van der Waals surface area contributed by atoms with Gasteiger partial charge in [0.05, 0.1) is 11.5 Å². The van der Waals surface area contributed by atoms with Crippen molar-refractivity contribution in [3.05, 3.63) is 35.5 Å².